The lowest BCUT2D eigenvalue weighted by Gasteiger charge is -2.12. The summed E-state index contributed by atoms with van der Waals surface area (Å²) in [6.45, 7) is 5.44. The molecule has 86 valence electrons. The van der Waals surface area contributed by atoms with Crippen LogP contribution in [0.3, 0.4) is 0 Å². The van der Waals surface area contributed by atoms with Crippen LogP contribution in [0.4, 0.5) is 5.69 Å². The number of nitrogens with one attached hydrogen (secondary N) is 1. The standard InChI is InChI=1S/C14H14N2O/c1-3-14(17)15-12-10-11(2)6-7-13(12)16-8-4-5-9-16/h3-10H,1H2,2H3,(H,15,17). The van der Waals surface area contributed by atoms with Crippen LogP contribution in [0, 0.1) is 6.92 Å². The number of rotatable bonds is 3. The summed E-state index contributed by atoms with van der Waals surface area (Å²) in [4.78, 5) is 11.4. The summed E-state index contributed by atoms with van der Waals surface area (Å²) in [7, 11) is 0. The summed E-state index contributed by atoms with van der Waals surface area (Å²) in [5.74, 6) is -0.205. The minimum Gasteiger partial charge on any atom is -0.322 e. The van der Waals surface area contributed by atoms with Crippen LogP contribution in [0.1, 0.15) is 5.56 Å². The molecule has 17 heavy (non-hydrogen) atoms. The third-order valence-corrected chi connectivity index (χ3v) is 2.48. The zero-order chi connectivity index (χ0) is 12.3. The number of benzene rings is 1. The van der Waals surface area contributed by atoms with E-state index in [1.165, 1.54) is 6.08 Å². The van der Waals surface area contributed by atoms with E-state index in [1.807, 2.05) is 54.2 Å². The van der Waals surface area contributed by atoms with Gasteiger partial charge in [-0.15, -0.1) is 0 Å². The quantitative estimate of drug-likeness (QED) is 0.802. The number of carbonyl (C=O) groups is 1. The van der Waals surface area contributed by atoms with Crippen LogP contribution in [-0.4, -0.2) is 10.5 Å². The largest absolute Gasteiger partial charge is 0.322 e. The fourth-order valence-electron chi connectivity index (χ4n) is 1.65. The summed E-state index contributed by atoms with van der Waals surface area (Å²) in [5.41, 5.74) is 2.82. The minimum absolute atomic E-state index is 0.205. The molecule has 0 unspecified atom stereocenters. The second kappa shape index (κ2) is 4.70. The molecular formula is C14H14N2O. The average molecular weight is 226 g/mol. The number of hydrogen-bond donors (Lipinski definition) is 1. The molecule has 0 aliphatic carbocycles. The zero-order valence-electron chi connectivity index (χ0n) is 9.68. The Morgan fingerprint density at radius 2 is 2.06 bits per heavy atom. The fourth-order valence-corrected chi connectivity index (χ4v) is 1.65. The first kappa shape index (κ1) is 11.2. The highest BCUT2D eigenvalue weighted by molar-refractivity contribution is 6.00. The van der Waals surface area contributed by atoms with Crippen LogP contribution in [0.25, 0.3) is 5.69 Å². The SMILES string of the molecule is C=CC(=O)Nc1cc(C)ccc1-n1cccc1. The van der Waals surface area contributed by atoms with Gasteiger partial charge in [0.25, 0.3) is 0 Å². The molecule has 2 aromatic rings. The number of anilines is 1. The number of aromatic nitrogens is 1. The van der Waals surface area contributed by atoms with Crippen molar-refractivity contribution >= 4 is 11.6 Å². The maximum atomic E-state index is 11.4. The van der Waals surface area contributed by atoms with Crippen molar-refractivity contribution in [3.8, 4) is 5.69 Å². The first-order valence-corrected chi connectivity index (χ1v) is 5.38. The van der Waals surface area contributed by atoms with Gasteiger partial charge in [-0.25, -0.2) is 0 Å². The molecule has 1 N–H and O–H groups in total. The van der Waals surface area contributed by atoms with E-state index in [0.717, 1.165) is 16.9 Å². The maximum absolute atomic E-state index is 11.4. The van der Waals surface area contributed by atoms with Crippen molar-refractivity contribution < 1.29 is 4.79 Å². The van der Waals surface area contributed by atoms with Gasteiger partial charge in [-0.3, -0.25) is 4.79 Å². The molecule has 0 aliphatic heterocycles. The molecule has 0 bridgehead atoms. The Morgan fingerprint density at radius 3 is 2.71 bits per heavy atom. The highest BCUT2D eigenvalue weighted by atomic mass is 16.1. The number of carbonyl (C=O) groups excluding carboxylic acids is 1. The lowest BCUT2D eigenvalue weighted by Crippen LogP contribution is -2.10. The number of nitrogens with zero attached hydrogens (tertiary/aromatic N) is 1. The van der Waals surface area contributed by atoms with E-state index >= 15 is 0 Å². The second-order valence-corrected chi connectivity index (χ2v) is 3.80. The van der Waals surface area contributed by atoms with Crippen LogP contribution in [0.5, 0.6) is 0 Å². The van der Waals surface area contributed by atoms with Crippen LogP contribution in [0.15, 0.2) is 55.4 Å². The summed E-state index contributed by atoms with van der Waals surface area (Å²) in [6, 6.07) is 9.82. The summed E-state index contributed by atoms with van der Waals surface area (Å²) >= 11 is 0. The Hall–Kier alpha value is -2.29. The van der Waals surface area contributed by atoms with Gasteiger partial charge in [0.05, 0.1) is 11.4 Å². The van der Waals surface area contributed by atoms with Crippen molar-refractivity contribution in [2.24, 2.45) is 0 Å². The lowest BCUT2D eigenvalue weighted by molar-refractivity contribution is -0.111. The summed E-state index contributed by atoms with van der Waals surface area (Å²) in [6.07, 6.45) is 5.14. The number of aryl methyl sites for hydroxylation is 1. The van der Waals surface area contributed by atoms with Gasteiger partial charge in [0.1, 0.15) is 0 Å². The van der Waals surface area contributed by atoms with Crippen LogP contribution < -0.4 is 5.32 Å². The molecule has 0 fully saturated rings. The van der Waals surface area contributed by atoms with Crippen molar-refractivity contribution in [3.05, 3.63) is 60.9 Å². The first-order chi connectivity index (χ1) is 8.20. The molecule has 1 amide bonds. The molecule has 0 saturated heterocycles. The van der Waals surface area contributed by atoms with Gasteiger partial charge in [0.2, 0.25) is 5.91 Å². The Morgan fingerprint density at radius 1 is 1.35 bits per heavy atom. The van der Waals surface area contributed by atoms with Gasteiger partial charge in [0.15, 0.2) is 0 Å². The van der Waals surface area contributed by atoms with E-state index in [4.69, 9.17) is 0 Å². The fraction of sp³-hybridized carbons (Fsp3) is 0.0714. The molecule has 1 aromatic carbocycles. The van der Waals surface area contributed by atoms with Crippen molar-refractivity contribution in [1.29, 1.82) is 0 Å². The third-order valence-electron chi connectivity index (χ3n) is 2.48. The predicted molar refractivity (Wildman–Crippen MR) is 69.3 cm³/mol. The molecular weight excluding hydrogens is 212 g/mol. The molecule has 2 rings (SSSR count). The van der Waals surface area contributed by atoms with E-state index in [0.29, 0.717) is 0 Å². The van der Waals surface area contributed by atoms with Gasteiger partial charge in [0, 0.05) is 12.4 Å². The van der Waals surface area contributed by atoms with Gasteiger partial charge in [-0.05, 0) is 42.8 Å². The van der Waals surface area contributed by atoms with E-state index in [9.17, 15) is 4.79 Å². The second-order valence-electron chi connectivity index (χ2n) is 3.80. The van der Waals surface area contributed by atoms with E-state index in [1.54, 1.807) is 0 Å². The summed E-state index contributed by atoms with van der Waals surface area (Å²) in [5, 5.41) is 2.81. The topological polar surface area (TPSA) is 34.0 Å². The molecule has 1 aromatic heterocycles. The van der Waals surface area contributed by atoms with E-state index in [-0.39, 0.29) is 5.91 Å². The van der Waals surface area contributed by atoms with Crippen molar-refractivity contribution in [2.75, 3.05) is 5.32 Å². The minimum atomic E-state index is -0.205. The summed E-state index contributed by atoms with van der Waals surface area (Å²) < 4.78 is 1.96. The first-order valence-electron chi connectivity index (χ1n) is 5.38. The van der Waals surface area contributed by atoms with Crippen LogP contribution in [-0.2, 0) is 4.79 Å². The third kappa shape index (κ3) is 2.45. The molecule has 0 atom stereocenters. The van der Waals surface area contributed by atoms with Crippen LogP contribution >= 0.6 is 0 Å². The molecule has 0 aliphatic rings. The van der Waals surface area contributed by atoms with Crippen molar-refractivity contribution in [2.45, 2.75) is 6.92 Å². The average Bonchev–Trinajstić information content (AvgIpc) is 2.82. The Kier molecular flexibility index (Phi) is 3.10. The van der Waals surface area contributed by atoms with Gasteiger partial charge in [-0.1, -0.05) is 12.6 Å². The van der Waals surface area contributed by atoms with Gasteiger partial charge < -0.3 is 9.88 Å². The highest BCUT2D eigenvalue weighted by Crippen LogP contribution is 2.22. The Bertz CT molecular complexity index is 541. The smallest absolute Gasteiger partial charge is 0.247 e. The monoisotopic (exact) mass is 226 g/mol. The predicted octanol–water partition coefficient (Wildman–Crippen LogP) is 2.91. The molecule has 0 spiro atoms. The number of hydrogen-bond acceptors (Lipinski definition) is 1. The highest BCUT2D eigenvalue weighted by Gasteiger charge is 2.06. The lowest BCUT2D eigenvalue weighted by atomic mass is 10.2. The zero-order valence-corrected chi connectivity index (χ0v) is 9.68. The van der Waals surface area contributed by atoms with Crippen molar-refractivity contribution in [1.82, 2.24) is 4.57 Å². The maximum Gasteiger partial charge on any atom is 0.247 e. The van der Waals surface area contributed by atoms with Crippen LogP contribution in [0.2, 0.25) is 0 Å². The molecule has 3 nitrogen and oxygen atoms in total. The molecule has 0 saturated carbocycles. The number of amides is 1. The van der Waals surface area contributed by atoms with E-state index < -0.39 is 0 Å². The normalized spacial score (nSPS) is 9.94. The molecule has 0 radical (unpaired) electrons. The van der Waals surface area contributed by atoms with Crippen molar-refractivity contribution in [3.63, 3.8) is 0 Å². The Labute approximate surface area is 100 Å². The van der Waals surface area contributed by atoms with Gasteiger partial charge in [-0.2, -0.15) is 0 Å². The van der Waals surface area contributed by atoms with E-state index in [2.05, 4.69) is 11.9 Å². The van der Waals surface area contributed by atoms with Gasteiger partial charge >= 0.3 is 0 Å². The molecule has 1 heterocycles. The molecule has 3 heteroatoms. The Balaban J connectivity index is 2.44.